The first-order valence-corrected chi connectivity index (χ1v) is 35.7. The van der Waals surface area contributed by atoms with Gasteiger partial charge in [-0.1, -0.05) is 248 Å². The van der Waals surface area contributed by atoms with Gasteiger partial charge in [-0.3, -0.25) is 37.3 Å². The minimum absolute atomic E-state index is 0.101. The summed E-state index contributed by atoms with van der Waals surface area (Å²) < 4.78 is 67.9. The predicted octanol–water partition coefficient (Wildman–Crippen LogP) is 17.0. The van der Waals surface area contributed by atoms with Crippen LogP contribution in [-0.4, -0.2) is 96.7 Å². The maximum absolute atomic E-state index is 13.0. The van der Waals surface area contributed by atoms with E-state index in [9.17, 15) is 43.2 Å². The molecule has 6 atom stereocenters. The summed E-state index contributed by atoms with van der Waals surface area (Å²) in [5, 5.41) is 10.5. The monoisotopic (exact) mass is 1210 g/mol. The molecule has 0 fully saturated rings. The highest BCUT2D eigenvalue weighted by atomic mass is 31.2. The molecule has 0 aliphatic heterocycles. The van der Waals surface area contributed by atoms with Crippen LogP contribution in [0.1, 0.15) is 299 Å². The predicted molar refractivity (Wildman–Crippen MR) is 326 cm³/mol. The van der Waals surface area contributed by atoms with Crippen LogP contribution in [0.2, 0.25) is 0 Å². The van der Waals surface area contributed by atoms with E-state index in [-0.39, 0.29) is 25.7 Å². The van der Waals surface area contributed by atoms with E-state index in [1.807, 2.05) is 0 Å². The molecule has 486 valence electrons. The number of hydrogen-bond acceptors (Lipinski definition) is 15. The van der Waals surface area contributed by atoms with Crippen LogP contribution in [0.15, 0.2) is 0 Å². The lowest BCUT2D eigenvalue weighted by Crippen LogP contribution is -2.30. The molecular weight excluding hydrogens is 1090 g/mol. The van der Waals surface area contributed by atoms with Crippen molar-refractivity contribution in [2.24, 2.45) is 23.7 Å². The zero-order valence-corrected chi connectivity index (χ0v) is 54.9. The highest BCUT2D eigenvalue weighted by molar-refractivity contribution is 7.47. The molecule has 0 aromatic carbocycles. The summed E-state index contributed by atoms with van der Waals surface area (Å²) in [6, 6.07) is 0. The molecule has 0 aromatic heterocycles. The molecule has 17 nitrogen and oxygen atoms in total. The summed E-state index contributed by atoms with van der Waals surface area (Å²) in [5.41, 5.74) is 0. The quantitative estimate of drug-likeness (QED) is 0.0222. The molecule has 0 bridgehead atoms. The lowest BCUT2D eigenvalue weighted by atomic mass is 10.00. The Morgan fingerprint density at radius 3 is 0.866 bits per heavy atom. The lowest BCUT2D eigenvalue weighted by Gasteiger charge is -2.21. The van der Waals surface area contributed by atoms with Gasteiger partial charge in [-0.15, -0.1) is 0 Å². The average molecular weight is 1210 g/mol. The Morgan fingerprint density at radius 2 is 0.585 bits per heavy atom. The van der Waals surface area contributed by atoms with Gasteiger partial charge in [0, 0.05) is 25.7 Å². The van der Waals surface area contributed by atoms with E-state index in [4.69, 9.17) is 37.0 Å². The van der Waals surface area contributed by atoms with E-state index in [2.05, 4.69) is 55.4 Å². The number of phosphoric acid groups is 2. The van der Waals surface area contributed by atoms with Crippen LogP contribution in [0, 0.1) is 23.7 Å². The van der Waals surface area contributed by atoms with Gasteiger partial charge in [0.15, 0.2) is 12.2 Å². The summed E-state index contributed by atoms with van der Waals surface area (Å²) in [6.45, 7) is 13.9. The van der Waals surface area contributed by atoms with Gasteiger partial charge in [-0.25, -0.2) is 9.13 Å². The fourth-order valence-electron chi connectivity index (χ4n) is 9.22. The molecule has 3 unspecified atom stereocenters. The molecule has 0 aliphatic rings. The Balaban J connectivity index is 5.24. The Morgan fingerprint density at radius 1 is 0.341 bits per heavy atom. The maximum atomic E-state index is 13.0. The van der Waals surface area contributed by atoms with E-state index in [0.29, 0.717) is 37.5 Å². The molecule has 19 heteroatoms. The van der Waals surface area contributed by atoms with E-state index in [0.717, 1.165) is 108 Å². The van der Waals surface area contributed by atoms with Crippen molar-refractivity contribution in [3.05, 3.63) is 0 Å². The van der Waals surface area contributed by atoms with Gasteiger partial charge in [0.1, 0.15) is 19.3 Å². The van der Waals surface area contributed by atoms with Crippen LogP contribution in [-0.2, 0) is 65.4 Å². The summed E-state index contributed by atoms with van der Waals surface area (Å²) >= 11 is 0. The third kappa shape index (κ3) is 55.9. The fourth-order valence-corrected chi connectivity index (χ4v) is 10.8. The first kappa shape index (κ1) is 80.1. The number of aliphatic hydroxyl groups excluding tert-OH is 1. The number of phosphoric ester groups is 2. The molecule has 0 aliphatic carbocycles. The summed E-state index contributed by atoms with van der Waals surface area (Å²) in [7, 11) is -9.89. The van der Waals surface area contributed by atoms with Gasteiger partial charge in [0.05, 0.1) is 26.4 Å². The number of hydrogen-bond donors (Lipinski definition) is 3. The normalized spacial score (nSPS) is 14.8. The van der Waals surface area contributed by atoms with Gasteiger partial charge in [0.2, 0.25) is 0 Å². The molecule has 0 saturated carbocycles. The van der Waals surface area contributed by atoms with Crippen molar-refractivity contribution < 1.29 is 80.2 Å². The maximum Gasteiger partial charge on any atom is 0.472 e. The highest BCUT2D eigenvalue weighted by Gasteiger charge is 2.30. The SMILES string of the molecule is CCC(C)CCCCCCCCC(=O)O[C@H](COC(=O)CCCCCCCCC(C)C)COP(=O)(O)OC[C@H](O)COP(=O)(O)OC[C@@H](COC(=O)CCCCCCCCCCCCC(C)C)OC(=O)CCCCCCCCCC(C)C. The van der Waals surface area contributed by atoms with Crippen molar-refractivity contribution in [2.45, 2.75) is 318 Å². The van der Waals surface area contributed by atoms with Gasteiger partial charge in [0.25, 0.3) is 0 Å². The van der Waals surface area contributed by atoms with Gasteiger partial charge >= 0.3 is 39.5 Å². The van der Waals surface area contributed by atoms with E-state index < -0.39 is 97.5 Å². The van der Waals surface area contributed by atoms with Crippen molar-refractivity contribution in [1.29, 1.82) is 0 Å². The number of ether oxygens (including phenoxy) is 4. The molecule has 0 radical (unpaired) electrons. The molecular formula is C63H122O17P2. The van der Waals surface area contributed by atoms with Crippen molar-refractivity contribution in [3.63, 3.8) is 0 Å². The molecule has 0 spiro atoms. The highest BCUT2D eigenvalue weighted by Crippen LogP contribution is 2.45. The van der Waals surface area contributed by atoms with Crippen molar-refractivity contribution in [3.8, 4) is 0 Å². The number of carbonyl (C=O) groups excluding carboxylic acids is 4. The van der Waals surface area contributed by atoms with Crippen molar-refractivity contribution >= 4 is 39.5 Å². The van der Waals surface area contributed by atoms with Gasteiger partial charge < -0.3 is 33.8 Å². The van der Waals surface area contributed by atoms with Crippen LogP contribution in [0.3, 0.4) is 0 Å². The molecule has 0 amide bonds. The summed E-state index contributed by atoms with van der Waals surface area (Å²) in [6.07, 6.45) is 32.4. The van der Waals surface area contributed by atoms with Crippen LogP contribution in [0.25, 0.3) is 0 Å². The smallest absolute Gasteiger partial charge is 0.462 e. The lowest BCUT2D eigenvalue weighted by molar-refractivity contribution is -0.161. The second-order valence-corrected chi connectivity index (χ2v) is 27.4. The second-order valence-electron chi connectivity index (χ2n) is 24.5. The van der Waals surface area contributed by atoms with Crippen LogP contribution < -0.4 is 0 Å². The number of carbonyl (C=O) groups is 4. The van der Waals surface area contributed by atoms with Crippen molar-refractivity contribution in [1.82, 2.24) is 0 Å². The summed E-state index contributed by atoms with van der Waals surface area (Å²) in [4.78, 5) is 72.1. The number of aliphatic hydroxyl groups is 1. The fraction of sp³-hybridized carbons (Fsp3) is 0.937. The van der Waals surface area contributed by atoms with Crippen LogP contribution in [0.4, 0.5) is 0 Å². The standard InChI is InChI=1S/C63H122O17P2/c1-9-56(8)42-34-26-20-22-30-38-46-63(68)80-59(50-74-61(66)44-36-28-21-19-25-33-41-55(6)7)52-78-82(71,72)76-48-57(64)47-75-81(69,70)77-51-58(79-62(67)45-37-29-18-14-16-24-32-40-54(4)5)49-73-60(65)43-35-27-17-13-11-10-12-15-23-31-39-53(2)3/h53-59,64H,9-52H2,1-8H3,(H,69,70)(H,71,72)/t56?,57-,58-,59-/m1/s1. The Labute approximate surface area is 498 Å². The minimum Gasteiger partial charge on any atom is -0.462 e. The van der Waals surface area contributed by atoms with Crippen LogP contribution >= 0.6 is 15.6 Å². The molecule has 0 rings (SSSR count). The molecule has 82 heavy (non-hydrogen) atoms. The molecule has 0 saturated heterocycles. The molecule has 0 aromatic rings. The zero-order chi connectivity index (χ0) is 61.1. The van der Waals surface area contributed by atoms with E-state index in [1.54, 1.807) is 0 Å². The molecule has 0 heterocycles. The topological polar surface area (TPSA) is 237 Å². The van der Waals surface area contributed by atoms with Gasteiger partial charge in [-0.2, -0.15) is 0 Å². The third-order valence-corrected chi connectivity index (χ3v) is 16.6. The van der Waals surface area contributed by atoms with E-state index in [1.165, 1.54) is 96.3 Å². The summed E-state index contributed by atoms with van der Waals surface area (Å²) in [5.74, 6) is 0.708. The minimum atomic E-state index is -4.94. The van der Waals surface area contributed by atoms with Gasteiger partial charge in [-0.05, 0) is 49.4 Å². The number of esters is 4. The average Bonchev–Trinajstić information content (AvgIpc) is 3.45. The molecule has 3 N–H and O–H groups in total. The largest absolute Gasteiger partial charge is 0.472 e. The Hall–Kier alpha value is -1.94. The van der Waals surface area contributed by atoms with Crippen molar-refractivity contribution in [2.75, 3.05) is 39.6 Å². The number of unbranched alkanes of at least 4 members (excludes halogenated alkanes) is 25. The Bertz CT molecular complexity index is 1650. The third-order valence-electron chi connectivity index (χ3n) is 14.7. The van der Waals surface area contributed by atoms with Crippen LogP contribution in [0.5, 0.6) is 0 Å². The first-order valence-electron chi connectivity index (χ1n) is 32.7. The zero-order valence-electron chi connectivity index (χ0n) is 53.1. The first-order chi connectivity index (χ1) is 39.1. The second kappa shape index (κ2) is 53.3. The van der Waals surface area contributed by atoms with E-state index >= 15 is 0 Å². The Kier molecular flexibility index (Phi) is 52.0. The number of rotatable bonds is 60.